The molecule has 4 aromatic heterocycles. The van der Waals surface area contributed by atoms with E-state index >= 15 is 0 Å². The summed E-state index contributed by atoms with van der Waals surface area (Å²) in [4.78, 5) is 17.0. The smallest absolute Gasteiger partial charge is 0.228 e. The van der Waals surface area contributed by atoms with Crippen molar-refractivity contribution in [2.75, 3.05) is 19.0 Å². The predicted molar refractivity (Wildman–Crippen MR) is 133 cm³/mol. The van der Waals surface area contributed by atoms with Crippen molar-refractivity contribution in [3.05, 3.63) is 78.1 Å². The molecule has 6 rings (SSSR count). The number of ether oxygens (including phenoxy) is 1. The Morgan fingerprint density at radius 2 is 2.14 bits per heavy atom. The summed E-state index contributed by atoms with van der Waals surface area (Å²) in [6.07, 6.45) is 7.15. The third-order valence-electron chi connectivity index (χ3n) is 6.46. The molecule has 9 heteroatoms. The van der Waals surface area contributed by atoms with Gasteiger partial charge in [-0.25, -0.2) is 9.37 Å². The second kappa shape index (κ2) is 8.59. The Balaban J connectivity index is 1.41. The molecule has 4 heterocycles. The van der Waals surface area contributed by atoms with Crippen molar-refractivity contribution in [1.82, 2.24) is 29.5 Å². The summed E-state index contributed by atoms with van der Waals surface area (Å²) in [5, 5.41) is 9.38. The first kappa shape index (κ1) is 21.4. The van der Waals surface area contributed by atoms with E-state index in [-0.39, 0.29) is 6.04 Å². The molecular weight excluding hydrogens is 445 g/mol. The van der Waals surface area contributed by atoms with Gasteiger partial charge in [0.1, 0.15) is 5.82 Å². The molecule has 0 saturated heterocycles. The summed E-state index contributed by atoms with van der Waals surface area (Å²) in [6.45, 7) is 4.46. The van der Waals surface area contributed by atoms with E-state index in [0.29, 0.717) is 29.6 Å². The van der Waals surface area contributed by atoms with Crippen LogP contribution in [0.15, 0.2) is 55.5 Å². The van der Waals surface area contributed by atoms with E-state index in [1.54, 1.807) is 24.0 Å². The predicted octanol–water partition coefficient (Wildman–Crippen LogP) is 4.44. The summed E-state index contributed by atoms with van der Waals surface area (Å²) in [6, 6.07) is 9.91. The Kier molecular flexibility index (Phi) is 5.26. The van der Waals surface area contributed by atoms with Crippen LogP contribution < -0.4 is 5.32 Å². The monoisotopic (exact) mass is 469 g/mol. The lowest BCUT2D eigenvalue weighted by atomic mass is 9.91. The summed E-state index contributed by atoms with van der Waals surface area (Å²) in [7, 11) is 1.62. The third-order valence-corrected chi connectivity index (χ3v) is 6.46. The zero-order valence-electron chi connectivity index (χ0n) is 19.3. The molecule has 1 aliphatic carbocycles. The van der Waals surface area contributed by atoms with Crippen LogP contribution in [0.1, 0.15) is 23.2 Å². The quantitative estimate of drug-likeness (QED) is 0.382. The summed E-state index contributed by atoms with van der Waals surface area (Å²) in [5.41, 5.74) is 6.36. The normalized spacial score (nSPS) is 15.4. The van der Waals surface area contributed by atoms with Gasteiger partial charge in [0, 0.05) is 47.1 Å². The number of hydrogen-bond donors (Lipinski definition) is 2. The van der Waals surface area contributed by atoms with Crippen LogP contribution in [0.3, 0.4) is 0 Å². The van der Waals surface area contributed by atoms with E-state index in [0.717, 1.165) is 42.1 Å². The highest BCUT2D eigenvalue weighted by atomic mass is 19.1. The molecule has 2 N–H and O–H groups in total. The van der Waals surface area contributed by atoms with Crippen molar-refractivity contribution < 1.29 is 9.13 Å². The van der Waals surface area contributed by atoms with Crippen LogP contribution in [0, 0.1) is 5.82 Å². The number of pyridine rings is 1. The second-order valence-corrected chi connectivity index (χ2v) is 8.80. The fourth-order valence-electron chi connectivity index (χ4n) is 4.81. The molecule has 1 aromatic carbocycles. The number of anilines is 1. The SMILES string of the molecule is C=C(COC)c1cnn2c(NC3CCc4[nH]c5ccccc5c4C3)nc(-c3cncc(F)c3)nc12. The van der Waals surface area contributed by atoms with E-state index in [1.165, 1.54) is 22.7 Å². The topological polar surface area (TPSA) is 93.0 Å². The van der Waals surface area contributed by atoms with Crippen LogP contribution in [-0.2, 0) is 17.6 Å². The highest BCUT2D eigenvalue weighted by molar-refractivity contribution is 5.85. The first-order valence-corrected chi connectivity index (χ1v) is 11.5. The lowest BCUT2D eigenvalue weighted by Crippen LogP contribution is -2.29. The molecule has 0 amide bonds. The molecule has 1 atom stereocenters. The Bertz CT molecular complexity index is 1570. The molecule has 1 aliphatic rings. The van der Waals surface area contributed by atoms with E-state index in [1.807, 2.05) is 6.07 Å². The Labute approximate surface area is 200 Å². The lowest BCUT2D eigenvalue weighted by Gasteiger charge is -2.24. The van der Waals surface area contributed by atoms with Crippen molar-refractivity contribution in [1.29, 1.82) is 0 Å². The highest BCUT2D eigenvalue weighted by Gasteiger charge is 2.24. The maximum atomic E-state index is 13.9. The third kappa shape index (κ3) is 3.83. The molecule has 0 saturated carbocycles. The zero-order chi connectivity index (χ0) is 23.9. The van der Waals surface area contributed by atoms with Gasteiger partial charge in [-0.3, -0.25) is 4.98 Å². The minimum Gasteiger partial charge on any atom is -0.380 e. The number of hydrogen-bond acceptors (Lipinski definition) is 6. The largest absolute Gasteiger partial charge is 0.380 e. The first-order valence-electron chi connectivity index (χ1n) is 11.5. The van der Waals surface area contributed by atoms with Crippen molar-refractivity contribution in [2.45, 2.75) is 25.3 Å². The van der Waals surface area contributed by atoms with Crippen LogP contribution >= 0.6 is 0 Å². The number of fused-ring (bicyclic) bond motifs is 4. The van der Waals surface area contributed by atoms with Gasteiger partial charge in [-0.2, -0.15) is 14.6 Å². The van der Waals surface area contributed by atoms with Gasteiger partial charge in [0.2, 0.25) is 5.95 Å². The van der Waals surface area contributed by atoms with Gasteiger partial charge in [-0.15, -0.1) is 0 Å². The standard InChI is InChI=1S/C26H24FN7O/c1-15(14-35-2)21-13-29-34-25(21)32-24(16-9-17(27)12-28-11-16)33-26(34)30-18-7-8-23-20(10-18)19-5-3-4-6-22(19)31-23/h3-6,9,11-13,18,31H,1,7-8,10,14H2,2H3,(H,30,32,33). The lowest BCUT2D eigenvalue weighted by molar-refractivity contribution is 0.240. The van der Waals surface area contributed by atoms with Crippen molar-refractivity contribution in [3.63, 3.8) is 0 Å². The minimum atomic E-state index is -0.447. The van der Waals surface area contributed by atoms with Gasteiger partial charge in [-0.05, 0) is 42.5 Å². The minimum absolute atomic E-state index is 0.146. The van der Waals surface area contributed by atoms with Gasteiger partial charge in [0.05, 0.1) is 19.0 Å². The number of halogens is 1. The zero-order valence-corrected chi connectivity index (χ0v) is 19.3. The van der Waals surface area contributed by atoms with Gasteiger partial charge in [0.15, 0.2) is 11.5 Å². The molecule has 8 nitrogen and oxygen atoms in total. The number of nitrogens with zero attached hydrogens (tertiary/aromatic N) is 5. The highest BCUT2D eigenvalue weighted by Crippen LogP contribution is 2.31. The van der Waals surface area contributed by atoms with E-state index in [9.17, 15) is 4.39 Å². The van der Waals surface area contributed by atoms with Gasteiger partial charge < -0.3 is 15.0 Å². The molecule has 0 spiro atoms. The average Bonchev–Trinajstić information content (AvgIpc) is 3.46. The fourth-order valence-corrected chi connectivity index (χ4v) is 4.81. The number of nitrogens with one attached hydrogen (secondary N) is 2. The number of benzene rings is 1. The number of methoxy groups -OCH3 is 1. The van der Waals surface area contributed by atoms with Gasteiger partial charge in [-0.1, -0.05) is 24.8 Å². The number of aromatic amines is 1. The first-order chi connectivity index (χ1) is 17.1. The molecular formula is C26H24FN7O. The Morgan fingerprint density at radius 1 is 1.26 bits per heavy atom. The molecule has 5 aromatic rings. The number of aryl methyl sites for hydroxylation is 1. The van der Waals surface area contributed by atoms with Crippen LogP contribution in [0.4, 0.5) is 10.3 Å². The van der Waals surface area contributed by atoms with Gasteiger partial charge in [0.25, 0.3) is 0 Å². The average molecular weight is 470 g/mol. The number of rotatable bonds is 6. The maximum Gasteiger partial charge on any atom is 0.228 e. The molecule has 35 heavy (non-hydrogen) atoms. The molecule has 0 radical (unpaired) electrons. The van der Waals surface area contributed by atoms with Crippen molar-refractivity contribution >= 4 is 28.1 Å². The summed E-state index contributed by atoms with van der Waals surface area (Å²) >= 11 is 0. The summed E-state index contributed by atoms with van der Waals surface area (Å²) < 4.78 is 20.9. The number of H-pyrrole nitrogens is 1. The molecule has 0 fully saturated rings. The second-order valence-electron chi connectivity index (χ2n) is 8.80. The van der Waals surface area contributed by atoms with Gasteiger partial charge >= 0.3 is 0 Å². The maximum absolute atomic E-state index is 13.9. The van der Waals surface area contributed by atoms with Crippen molar-refractivity contribution in [3.8, 4) is 11.4 Å². The van der Waals surface area contributed by atoms with E-state index in [4.69, 9.17) is 14.7 Å². The number of para-hydroxylation sites is 1. The summed E-state index contributed by atoms with van der Waals surface area (Å²) in [5.74, 6) is 0.457. The van der Waals surface area contributed by atoms with Crippen LogP contribution in [0.2, 0.25) is 0 Å². The van der Waals surface area contributed by atoms with Crippen LogP contribution in [0.5, 0.6) is 0 Å². The molecule has 0 bridgehead atoms. The molecule has 0 aliphatic heterocycles. The Hall–Kier alpha value is -4.11. The molecule has 176 valence electrons. The number of aromatic nitrogens is 6. The fraction of sp³-hybridized carbons (Fsp3) is 0.231. The van der Waals surface area contributed by atoms with Crippen LogP contribution in [-0.4, -0.2) is 49.3 Å². The van der Waals surface area contributed by atoms with E-state index in [2.05, 4.69) is 45.2 Å². The Morgan fingerprint density at radius 3 is 3.00 bits per heavy atom. The van der Waals surface area contributed by atoms with Crippen LogP contribution in [0.25, 0.3) is 33.5 Å². The van der Waals surface area contributed by atoms with Crippen molar-refractivity contribution in [2.24, 2.45) is 0 Å². The molecule has 1 unspecified atom stereocenters. The van der Waals surface area contributed by atoms with E-state index < -0.39 is 5.82 Å².